The topological polar surface area (TPSA) is 84.2 Å². The molecule has 1 aromatic carbocycles. The van der Waals surface area contributed by atoms with Gasteiger partial charge in [0.15, 0.2) is 0 Å². The number of hydrogen-bond donors (Lipinski definition) is 2. The minimum atomic E-state index is -1.06. The van der Waals surface area contributed by atoms with Crippen molar-refractivity contribution in [1.29, 1.82) is 0 Å². The van der Waals surface area contributed by atoms with Gasteiger partial charge in [-0.2, -0.15) is 5.10 Å². The molecule has 2 N–H and O–H groups in total. The van der Waals surface area contributed by atoms with Crippen molar-refractivity contribution in [3.63, 3.8) is 0 Å². The number of carbonyl (C=O) groups excluding carboxylic acids is 1. The van der Waals surface area contributed by atoms with E-state index in [4.69, 9.17) is 5.11 Å². The van der Waals surface area contributed by atoms with E-state index >= 15 is 0 Å². The smallest absolute Gasteiger partial charge is 0.338 e. The molecule has 134 valence electrons. The zero-order valence-electron chi connectivity index (χ0n) is 14.9. The maximum absolute atomic E-state index is 12.2. The van der Waals surface area contributed by atoms with E-state index in [-0.39, 0.29) is 24.1 Å². The Morgan fingerprint density at radius 3 is 2.32 bits per heavy atom. The molecule has 0 aliphatic heterocycles. The third kappa shape index (κ3) is 4.92. The van der Waals surface area contributed by atoms with Crippen molar-refractivity contribution >= 4 is 11.9 Å². The summed E-state index contributed by atoms with van der Waals surface area (Å²) in [5.74, 6) is -0.732. The molecule has 2 aromatic rings. The van der Waals surface area contributed by atoms with Gasteiger partial charge in [-0.25, -0.2) is 4.79 Å². The number of carboxylic acid groups (broad SMARTS) is 1. The first-order valence-corrected chi connectivity index (χ1v) is 8.59. The van der Waals surface area contributed by atoms with Crippen LogP contribution in [0.5, 0.6) is 0 Å². The van der Waals surface area contributed by atoms with E-state index in [1.165, 1.54) is 22.6 Å². The van der Waals surface area contributed by atoms with E-state index in [1.807, 2.05) is 6.92 Å². The van der Waals surface area contributed by atoms with Gasteiger partial charge in [-0.1, -0.05) is 45.0 Å². The van der Waals surface area contributed by atoms with Crippen LogP contribution in [0.1, 0.15) is 67.1 Å². The number of benzene rings is 1. The van der Waals surface area contributed by atoms with E-state index in [0.717, 1.165) is 18.4 Å². The minimum Gasteiger partial charge on any atom is -0.478 e. The lowest BCUT2D eigenvalue weighted by molar-refractivity contribution is -0.122. The van der Waals surface area contributed by atoms with E-state index in [1.54, 1.807) is 0 Å². The number of carboxylic acids is 1. The lowest BCUT2D eigenvalue weighted by Crippen LogP contribution is -2.31. The van der Waals surface area contributed by atoms with Crippen LogP contribution in [-0.2, 0) is 11.3 Å². The fourth-order valence-electron chi connectivity index (χ4n) is 2.66. The summed E-state index contributed by atoms with van der Waals surface area (Å²) < 4.78 is 1.33. The first-order chi connectivity index (χ1) is 11.9. The molecule has 0 fully saturated rings. The quantitative estimate of drug-likeness (QED) is 0.770. The summed E-state index contributed by atoms with van der Waals surface area (Å²) in [5, 5.41) is 15.8. The van der Waals surface area contributed by atoms with Crippen molar-refractivity contribution in [3.05, 3.63) is 53.3 Å². The molecule has 1 heterocycles. The molecule has 0 aliphatic rings. The molecule has 2 atom stereocenters. The Labute approximate surface area is 147 Å². The third-order valence-electron chi connectivity index (χ3n) is 4.45. The second-order valence-electron chi connectivity index (χ2n) is 6.24. The second-order valence-corrected chi connectivity index (χ2v) is 6.24. The van der Waals surface area contributed by atoms with Crippen LogP contribution >= 0.6 is 0 Å². The first-order valence-electron chi connectivity index (χ1n) is 8.59. The highest BCUT2D eigenvalue weighted by Gasteiger charge is 2.15. The molecule has 2 rings (SSSR count). The Hall–Kier alpha value is -2.63. The fraction of sp³-hybridized carbons (Fsp3) is 0.421. The van der Waals surface area contributed by atoms with Gasteiger partial charge < -0.3 is 10.4 Å². The van der Waals surface area contributed by atoms with Crippen molar-refractivity contribution in [3.8, 4) is 0 Å². The predicted octanol–water partition coefficient (Wildman–Crippen LogP) is 3.36. The summed E-state index contributed by atoms with van der Waals surface area (Å²) in [4.78, 5) is 23.1. The predicted molar refractivity (Wildman–Crippen MR) is 95.5 cm³/mol. The number of amides is 1. The highest BCUT2D eigenvalue weighted by atomic mass is 16.4. The molecular weight excluding hydrogens is 318 g/mol. The van der Waals surface area contributed by atoms with Gasteiger partial charge in [-0.3, -0.25) is 9.48 Å². The van der Waals surface area contributed by atoms with Crippen LogP contribution in [0.25, 0.3) is 0 Å². The number of rotatable bonds is 8. The van der Waals surface area contributed by atoms with Crippen molar-refractivity contribution in [2.45, 2.75) is 52.1 Å². The summed E-state index contributed by atoms with van der Waals surface area (Å²) in [5.41, 5.74) is 2.43. The van der Waals surface area contributed by atoms with Gasteiger partial charge in [0.2, 0.25) is 5.91 Å². The molecule has 6 nitrogen and oxygen atoms in total. The SMILES string of the molecule is CCC(C)c1ccc(C(CC)NC(=O)Cn2cc(C(=O)O)cn2)cc1. The van der Waals surface area contributed by atoms with Crippen LogP contribution in [0.2, 0.25) is 0 Å². The lowest BCUT2D eigenvalue weighted by Gasteiger charge is -2.18. The van der Waals surface area contributed by atoms with Crippen molar-refractivity contribution in [1.82, 2.24) is 15.1 Å². The van der Waals surface area contributed by atoms with E-state index < -0.39 is 5.97 Å². The minimum absolute atomic E-state index is 0.00523. The van der Waals surface area contributed by atoms with E-state index in [0.29, 0.717) is 5.92 Å². The van der Waals surface area contributed by atoms with Gasteiger partial charge in [0.05, 0.1) is 17.8 Å². The largest absolute Gasteiger partial charge is 0.478 e. The normalized spacial score (nSPS) is 13.2. The van der Waals surface area contributed by atoms with Gasteiger partial charge in [-0.15, -0.1) is 0 Å². The summed E-state index contributed by atoms with van der Waals surface area (Å²) in [6, 6.07) is 8.28. The maximum atomic E-state index is 12.2. The molecule has 1 amide bonds. The number of nitrogens with one attached hydrogen (secondary N) is 1. The third-order valence-corrected chi connectivity index (χ3v) is 4.45. The van der Waals surface area contributed by atoms with Crippen LogP contribution in [0.3, 0.4) is 0 Å². The van der Waals surface area contributed by atoms with E-state index in [2.05, 4.69) is 48.5 Å². The Balaban J connectivity index is 2.00. The number of aromatic nitrogens is 2. The summed E-state index contributed by atoms with van der Waals surface area (Å²) in [7, 11) is 0. The van der Waals surface area contributed by atoms with Gasteiger partial charge in [0.1, 0.15) is 6.54 Å². The average Bonchev–Trinajstić information content (AvgIpc) is 3.08. The zero-order valence-corrected chi connectivity index (χ0v) is 14.9. The second kappa shape index (κ2) is 8.46. The van der Waals surface area contributed by atoms with Gasteiger partial charge in [0.25, 0.3) is 0 Å². The maximum Gasteiger partial charge on any atom is 0.338 e. The highest BCUT2D eigenvalue weighted by Crippen LogP contribution is 2.22. The van der Waals surface area contributed by atoms with Crippen LogP contribution < -0.4 is 5.32 Å². The monoisotopic (exact) mass is 343 g/mol. The molecule has 25 heavy (non-hydrogen) atoms. The molecule has 0 saturated carbocycles. The van der Waals surface area contributed by atoms with Crippen molar-refractivity contribution < 1.29 is 14.7 Å². The van der Waals surface area contributed by atoms with Gasteiger partial charge in [-0.05, 0) is 29.9 Å². The Morgan fingerprint density at radius 2 is 1.80 bits per heavy atom. The number of nitrogens with zero attached hydrogens (tertiary/aromatic N) is 2. The molecular formula is C19H25N3O3. The van der Waals surface area contributed by atoms with E-state index in [9.17, 15) is 9.59 Å². The Morgan fingerprint density at radius 1 is 1.16 bits per heavy atom. The van der Waals surface area contributed by atoms with Gasteiger partial charge >= 0.3 is 5.97 Å². The first kappa shape index (κ1) is 18.7. The summed E-state index contributed by atoms with van der Waals surface area (Å²) in [6.07, 6.45) is 4.45. The Bertz CT molecular complexity index is 722. The molecule has 0 radical (unpaired) electrons. The lowest BCUT2D eigenvalue weighted by atomic mass is 9.95. The van der Waals surface area contributed by atoms with Crippen LogP contribution in [0.15, 0.2) is 36.7 Å². The van der Waals surface area contributed by atoms with Crippen LogP contribution in [0, 0.1) is 0 Å². The van der Waals surface area contributed by atoms with Crippen LogP contribution in [-0.4, -0.2) is 26.8 Å². The fourth-order valence-corrected chi connectivity index (χ4v) is 2.66. The number of carbonyl (C=O) groups is 2. The Kier molecular flexibility index (Phi) is 6.33. The molecule has 6 heteroatoms. The molecule has 0 bridgehead atoms. The number of aromatic carboxylic acids is 1. The van der Waals surface area contributed by atoms with Gasteiger partial charge in [0, 0.05) is 6.20 Å². The highest BCUT2D eigenvalue weighted by molar-refractivity contribution is 5.87. The number of hydrogen-bond acceptors (Lipinski definition) is 3. The average molecular weight is 343 g/mol. The molecule has 1 aromatic heterocycles. The van der Waals surface area contributed by atoms with Crippen molar-refractivity contribution in [2.75, 3.05) is 0 Å². The molecule has 2 unspecified atom stereocenters. The van der Waals surface area contributed by atoms with Crippen LogP contribution in [0.4, 0.5) is 0 Å². The summed E-state index contributed by atoms with van der Waals surface area (Å²) >= 11 is 0. The zero-order chi connectivity index (χ0) is 18.4. The van der Waals surface area contributed by atoms with Crippen molar-refractivity contribution in [2.24, 2.45) is 0 Å². The molecule has 0 spiro atoms. The molecule has 0 aliphatic carbocycles. The summed E-state index contributed by atoms with van der Waals surface area (Å²) in [6.45, 7) is 6.38. The standard InChI is InChI=1S/C19H25N3O3/c1-4-13(3)14-6-8-15(9-7-14)17(5-2)21-18(23)12-22-11-16(10-20-22)19(24)25/h6-11,13,17H,4-5,12H2,1-3H3,(H,21,23)(H,24,25). The molecule has 0 saturated heterocycles.